The molecule has 1 aliphatic carbocycles. The number of hydrogen-bond acceptors (Lipinski definition) is 2. The lowest BCUT2D eigenvalue weighted by atomic mass is 9.69. The molecule has 4 heteroatoms. The maximum atomic E-state index is 12.9. The first-order valence-electron chi connectivity index (χ1n) is 11.2. The monoisotopic (exact) mass is 396 g/mol. The Morgan fingerprint density at radius 1 is 1.00 bits per heavy atom. The van der Waals surface area contributed by atoms with Crippen molar-refractivity contribution in [2.45, 2.75) is 65.3 Å². The van der Waals surface area contributed by atoms with E-state index in [1.54, 1.807) is 6.08 Å². The molecule has 1 aromatic carbocycles. The molecular weight excluding hydrogens is 360 g/mol. The van der Waals surface area contributed by atoms with Crippen LogP contribution in [0.3, 0.4) is 0 Å². The lowest BCUT2D eigenvalue weighted by molar-refractivity contribution is -0.133. The van der Waals surface area contributed by atoms with Gasteiger partial charge in [-0.05, 0) is 48.7 Å². The van der Waals surface area contributed by atoms with E-state index in [4.69, 9.17) is 0 Å². The van der Waals surface area contributed by atoms with Crippen LogP contribution in [0.1, 0.15) is 64.9 Å². The molecule has 1 N–H and O–H groups in total. The molecule has 1 aromatic rings. The molecule has 0 spiro atoms. The highest BCUT2D eigenvalue weighted by Crippen LogP contribution is 2.38. The average Bonchev–Trinajstić information content (AvgIpc) is 2.72. The van der Waals surface area contributed by atoms with E-state index < -0.39 is 0 Å². The fourth-order valence-corrected chi connectivity index (χ4v) is 4.84. The summed E-state index contributed by atoms with van der Waals surface area (Å²) in [6.45, 7) is 8.17. The highest BCUT2D eigenvalue weighted by molar-refractivity contribution is 5.92. The molecule has 158 valence electrons. The molecule has 2 fully saturated rings. The minimum atomic E-state index is 0.0275. The van der Waals surface area contributed by atoms with Crippen molar-refractivity contribution in [1.29, 1.82) is 0 Å². The summed E-state index contributed by atoms with van der Waals surface area (Å²) in [5.74, 6) is 0.801. The SMILES string of the molecule is CC(C)(C)C1CCCCC1NC(=O)C1CCN(C(=O)/C=C/c2ccccc2)CC1. The van der Waals surface area contributed by atoms with Gasteiger partial charge in [0, 0.05) is 31.1 Å². The molecule has 0 aromatic heterocycles. The molecule has 1 heterocycles. The normalized spacial score (nSPS) is 23.9. The molecule has 29 heavy (non-hydrogen) atoms. The Labute approximate surface area is 175 Å². The second-order valence-electron chi connectivity index (χ2n) is 9.72. The predicted molar refractivity (Wildman–Crippen MR) is 118 cm³/mol. The van der Waals surface area contributed by atoms with E-state index in [1.807, 2.05) is 41.3 Å². The molecule has 0 radical (unpaired) electrons. The van der Waals surface area contributed by atoms with Crippen molar-refractivity contribution in [3.63, 3.8) is 0 Å². The summed E-state index contributed by atoms with van der Waals surface area (Å²) in [5, 5.41) is 3.38. The topological polar surface area (TPSA) is 49.4 Å². The molecule has 4 nitrogen and oxygen atoms in total. The van der Waals surface area contributed by atoms with Crippen LogP contribution in [0, 0.1) is 17.3 Å². The van der Waals surface area contributed by atoms with Crippen molar-refractivity contribution < 1.29 is 9.59 Å². The van der Waals surface area contributed by atoms with Crippen LogP contribution < -0.4 is 5.32 Å². The number of amides is 2. The maximum absolute atomic E-state index is 12.9. The van der Waals surface area contributed by atoms with Gasteiger partial charge in [0.25, 0.3) is 0 Å². The van der Waals surface area contributed by atoms with Crippen LogP contribution in [-0.2, 0) is 9.59 Å². The highest BCUT2D eigenvalue weighted by Gasteiger charge is 2.36. The van der Waals surface area contributed by atoms with Crippen LogP contribution in [0.4, 0.5) is 0 Å². The number of carbonyl (C=O) groups is 2. The van der Waals surface area contributed by atoms with Crippen LogP contribution in [0.25, 0.3) is 6.08 Å². The van der Waals surface area contributed by atoms with Crippen molar-refractivity contribution >= 4 is 17.9 Å². The Balaban J connectivity index is 1.49. The summed E-state index contributed by atoms with van der Waals surface area (Å²) in [5.41, 5.74) is 1.25. The Morgan fingerprint density at radius 2 is 1.66 bits per heavy atom. The third kappa shape index (κ3) is 5.94. The third-order valence-corrected chi connectivity index (χ3v) is 6.60. The summed E-state index contributed by atoms with van der Waals surface area (Å²) in [4.78, 5) is 27.2. The van der Waals surface area contributed by atoms with E-state index in [9.17, 15) is 9.59 Å². The zero-order chi connectivity index (χ0) is 20.9. The van der Waals surface area contributed by atoms with Gasteiger partial charge >= 0.3 is 0 Å². The Bertz CT molecular complexity index is 712. The lowest BCUT2D eigenvalue weighted by Gasteiger charge is -2.41. The van der Waals surface area contributed by atoms with Crippen molar-refractivity contribution in [3.05, 3.63) is 42.0 Å². The second kappa shape index (κ2) is 9.60. The van der Waals surface area contributed by atoms with Crippen LogP contribution in [0.5, 0.6) is 0 Å². The molecule has 1 saturated heterocycles. The molecule has 3 rings (SSSR count). The van der Waals surface area contributed by atoms with Gasteiger partial charge in [0.2, 0.25) is 11.8 Å². The summed E-state index contributed by atoms with van der Waals surface area (Å²) < 4.78 is 0. The van der Waals surface area contributed by atoms with Gasteiger partial charge in [0.15, 0.2) is 0 Å². The van der Waals surface area contributed by atoms with Crippen molar-refractivity contribution in [1.82, 2.24) is 10.2 Å². The smallest absolute Gasteiger partial charge is 0.246 e. The molecule has 2 unspecified atom stereocenters. The van der Waals surface area contributed by atoms with Gasteiger partial charge in [-0.3, -0.25) is 9.59 Å². The quantitative estimate of drug-likeness (QED) is 0.753. The summed E-state index contributed by atoms with van der Waals surface area (Å²) >= 11 is 0. The zero-order valence-electron chi connectivity index (χ0n) is 18.2. The predicted octanol–water partition coefficient (Wildman–Crippen LogP) is 4.66. The van der Waals surface area contributed by atoms with E-state index in [-0.39, 0.29) is 23.1 Å². The maximum Gasteiger partial charge on any atom is 0.246 e. The molecule has 2 atom stereocenters. The van der Waals surface area contributed by atoms with Gasteiger partial charge in [0.05, 0.1) is 0 Å². The van der Waals surface area contributed by atoms with Gasteiger partial charge < -0.3 is 10.2 Å². The van der Waals surface area contributed by atoms with Crippen LogP contribution in [0.2, 0.25) is 0 Å². The van der Waals surface area contributed by atoms with Crippen LogP contribution in [0.15, 0.2) is 36.4 Å². The third-order valence-electron chi connectivity index (χ3n) is 6.60. The average molecular weight is 397 g/mol. The minimum absolute atomic E-state index is 0.0275. The van der Waals surface area contributed by atoms with Crippen molar-refractivity contribution in [2.24, 2.45) is 17.3 Å². The number of carbonyl (C=O) groups excluding carboxylic acids is 2. The molecule has 1 saturated carbocycles. The molecule has 1 aliphatic heterocycles. The fourth-order valence-electron chi connectivity index (χ4n) is 4.84. The van der Waals surface area contributed by atoms with E-state index in [2.05, 4.69) is 26.1 Å². The Morgan fingerprint density at radius 3 is 2.31 bits per heavy atom. The molecule has 2 aliphatic rings. The first kappa shape index (κ1) is 21.6. The molecular formula is C25H36N2O2. The van der Waals surface area contributed by atoms with Gasteiger partial charge in [-0.25, -0.2) is 0 Å². The second-order valence-corrected chi connectivity index (χ2v) is 9.72. The fraction of sp³-hybridized carbons (Fsp3) is 0.600. The minimum Gasteiger partial charge on any atom is -0.353 e. The molecule has 2 amide bonds. The van der Waals surface area contributed by atoms with Gasteiger partial charge in [-0.1, -0.05) is 63.9 Å². The number of rotatable bonds is 4. The Kier molecular flexibility index (Phi) is 7.15. The van der Waals surface area contributed by atoms with Gasteiger partial charge in [0.1, 0.15) is 0 Å². The summed E-state index contributed by atoms with van der Waals surface area (Å²) in [6.07, 6.45) is 9.78. The first-order chi connectivity index (χ1) is 13.8. The number of hydrogen-bond donors (Lipinski definition) is 1. The number of nitrogens with one attached hydrogen (secondary N) is 1. The standard InChI is InChI=1S/C25H36N2O2/c1-25(2,3)21-11-7-8-12-22(21)26-24(29)20-15-17-27(18-16-20)23(28)14-13-19-9-5-4-6-10-19/h4-6,9-10,13-14,20-22H,7-8,11-12,15-18H2,1-3H3,(H,26,29)/b14-13+. The molecule has 0 bridgehead atoms. The number of benzene rings is 1. The largest absolute Gasteiger partial charge is 0.353 e. The van der Waals surface area contributed by atoms with Crippen molar-refractivity contribution in [3.8, 4) is 0 Å². The van der Waals surface area contributed by atoms with Crippen LogP contribution in [-0.4, -0.2) is 35.8 Å². The van der Waals surface area contributed by atoms with Crippen LogP contribution >= 0.6 is 0 Å². The zero-order valence-corrected chi connectivity index (χ0v) is 18.2. The van der Waals surface area contributed by atoms with Crippen molar-refractivity contribution in [2.75, 3.05) is 13.1 Å². The first-order valence-corrected chi connectivity index (χ1v) is 11.2. The van der Waals surface area contributed by atoms with Gasteiger partial charge in [-0.15, -0.1) is 0 Å². The van der Waals surface area contributed by atoms with E-state index in [1.165, 1.54) is 19.3 Å². The summed E-state index contributed by atoms with van der Waals surface area (Å²) in [6, 6.07) is 10.2. The summed E-state index contributed by atoms with van der Waals surface area (Å²) in [7, 11) is 0. The Hall–Kier alpha value is -2.10. The van der Waals surface area contributed by atoms with E-state index >= 15 is 0 Å². The van der Waals surface area contributed by atoms with Gasteiger partial charge in [-0.2, -0.15) is 0 Å². The van der Waals surface area contributed by atoms with E-state index in [0.29, 0.717) is 25.0 Å². The van der Waals surface area contributed by atoms with E-state index in [0.717, 1.165) is 24.8 Å². The number of nitrogens with zero attached hydrogens (tertiary/aromatic N) is 1. The highest BCUT2D eigenvalue weighted by atomic mass is 16.2. The lowest BCUT2D eigenvalue weighted by Crippen LogP contribution is -2.50. The number of likely N-dealkylation sites (tertiary alicyclic amines) is 1. The number of piperidine rings is 1.